The predicted molar refractivity (Wildman–Crippen MR) is 78.2 cm³/mol. The van der Waals surface area contributed by atoms with Crippen LogP contribution in [-0.4, -0.2) is 17.7 Å². The first-order chi connectivity index (χ1) is 9.81. The van der Waals surface area contributed by atoms with Gasteiger partial charge in [-0.2, -0.15) is 0 Å². The van der Waals surface area contributed by atoms with E-state index >= 15 is 0 Å². The molecular formula is C15H15NO3S. The van der Waals surface area contributed by atoms with Gasteiger partial charge in [0.15, 0.2) is 0 Å². The maximum absolute atomic E-state index is 11.0. The van der Waals surface area contributed by atoms with Gasteiger partial charge in [-0.25, -0.2) is 5.48 Å². The van der Waals surface area contributed by atoms with Crippen molar-refractivity contribution in [2.75, 3.05) is 6.61 Å². The van der Waals surface area contributed by atoms with Crippen LogP contribution in [0.2, 0.25) is 0 Å². The standard InChI is InChI=1S/C15H15NO3S/c17-14(16-18)11-19-20-15(12-7-3-1-4-8-12)13-9-5-2-6-10-13/h1-10,15,18H,11H2,(H,16,17). The topological polar surface area (TPSA) is 58.6 Å². The van der Waals surface area contributed by atoms with Crippen molar-refractivity contribution in [1.82, 2.24) is 5.48 Å². The molecule has 2 aromatic rings. The van der Waals surface area contributed by atoms with Gasteiger partial charge < -0.3 is 4.18 Å². The lowest BCUT2D eigenvalue weighted by Crippen LogP contribution is -2.22. The summed E-state index contributed by atoms with van der Waals surface area (Å²) in [6.07, 6.45) is 0. The largest absolute Gasteiger partial charge is 0.304 e. The molecule has 2 N–H and O–H groups in total. The molecule has 0 atom stereocenters. The number of hydrogen-bond acceptors (Lipinski definition) is 4. The highest BCUT2D eigenvalue weighted by atomic mass is 32.2. The third-order valence-corrected chi connectivity index (χ3v) is 3.67. The third-order valence-electron chi connectivity index (χ3n) is 2.68. The summed E-state index contributed by atoms with van der Waals surface area (Å²) in [6.45, 7) is -0.197. The Bertz CT molecular complexity index is 494. The molecule has 0 aliphatic rings. The first-order valence-electron chi connectivity index (χ1n) is 6.12. The number of hydrogen-bond donors (Lipinski definition) is 2. The molecule has 0 aliphatic carbocycles. The van der Waals surface area contributed by atoms with E-state index in [2.05, 4.69) is 0 Å². The monoisotopic (exact) mass is 289 g/mol. The lowest BCUT2D eigenvalue weighted by atomic mass is 10.0. The van der Waals surface area contributed by atoms with Gasteiger partial charge in [-0.15, -0.1) is 0 Å². The maximum atomic E-state index is 11.0. The molecule has 0 unspecified atom stereocenters. The molecule has 0 saturated carbocycles. The molecule has 2 rings (SSSR count). The number of rotatable bonds is 6. The fourth-order valence-corrected chi connectivity index (χ4v) is 2.59. The molecule has 0 fully saturated rings. The van der Waals surface area contributed by atoms with Gasteiger partial charge in [-0.05, 0) is 11.1 Å². The Hall–Kier alpha value is -1.82. The van der Waals surface area contributed by atoms with Crippen molar-refractivity contribution < 1.29 is 14.2 Å². The van der Waals surface area contributed by atoms with Crippen LogP contribution in [0.15, 0.2) is 60.7 Å². The quantitative estimate of drug-likeness (QED) is 0.487. The molecule has 0 bridgehead atoms. The first-order valence-corrected chi connectivity index (χ1v) is 6.93. The van der Waals surface area contributed by atoms with Crippen molar-refractivity contribution in [3.63, 3.8) is 0 Å². The van der Waals surface area contributed by atoms with E-state index in [1.54, 1.807) is 5.48 Å². The summed E-state index contributed by atoms with van der Waals surface area (Å²) < 4.78 is 5.30. The molecule has 0 heterocycles. The van der Waals surface area contributed by atoms with E-state index in [-0.39, 0.29) is 11.9 Å². The Morgan fingerprint density at radius 1 is 1.05 bits per heavy atom. The van der Waals surface area contributed by atoms with Gasteiger partial charge in [0, 0.05) is 12.0 Å². The van der Waals surface area contributed by atoms with Gasteiger partial charge in [-0.1, -0.05) is 60.7 Å². The summed E-state index contributed by atoms with van der Waals surface area (Å²) >= 11 is 1.20. The highest BCUT2D eigenvalue weighted by Crippen LogP contribution is 2.35. The molecule has 104 valence electrons. The third kappa shape index (κ3) is 4.09. The van der Waals surface area contributed by atoms with Crippen LogP contribution in [0, 0.1) is 0 Å². The minimum Gasteiger partial charge on any atom is -0.304 e. The summed E-state index contributed by atoms with van der Waals surface area (Å²) in [4.78, 5) is 11.0. The lowest BCUT2D eigenvalue weighted by Gasteiger charge is -2.16. The molecule has 5 heteroatoms. The van der Waals surface area contributed by atoms with Crippen LogP contribution in [0.1, 0.15) is 16.4 Å². The molecule has 0 radical (unpaired) electrons. The van der Waals surface area contributed by atoms with E-state index in [4.69, 9.17) is 9.39 Å². The summed E-state index contributed by atoms with van der Waals surface area (Å²) in [5, 5.41) is 8.42. The van der Waals surface area contributed by atoms with Crippen molar-refractivity contribution in [3.05, 3.63) is 71.8 Å². The number of nitrogens with one attached hydrogen (secondary N) is 1. The van der Waals surface area contributed by atoms with Crippen molar-refractivity contribution >= 4 is 17.9 Å². The Balaban J connectivity index is 2.11. The number of amides is 1. The maximum Gasteiger partial charge on any atom is 0.270 e. The molecule has 0 aromatic heterocycles. The van der Waals surface area contributed by atoms with Crippen LogP contribution < -0.4 is 5.48 Å². The number of hydroxylamine groups is 1. The van der Waals surface area contributed by atoms with Gasteiger partial charge in [-0.3, -0.25) is 10.0 Å². The molecule has 1 amide bonds. The van der Waals surface area contributed by atoms with Gasteiger partial charge in [0.2, 0.25) is 0 Å². The molecule has 0 spiro atoms. The molecular weight excluding hydrogens is 274 g/mol. The Kier molecular flexibility index (Phi) is 5.61. The molecule has 4 nitrogen and oxygen atoms in total. The van der Waals surface area contributed by atoms with Crippen LogP contribution in [0.5, 0.6) is 0 Å². The first kappa shape index (κ1) is 14.6. The highest BCUT2D eigenvalue weighted by Gasteiger charge is 2.16. The van der Waals surface area contributed by atoms with E-state index in [1.165, 1.54) is 12.0 Å². The SMILES string of the molecule is O=C(COSC(c1ccccc1)c1ccccc1)NO. The van der Waals surface area contributed by atoms with Crippen molar-refractivity contribution in [1.29, 1.82) is 0 Å². The van der Waals surface area contributed by atoms with E-state index in [1.807, 2.05) is 60.7 Å². The zero-order valence-electron chi connectivity index (χ0n) is 10.7. The number of benzene rings is 2. The molecule has 20 heavy (non-hydrogen) atoms. The highest BCUT2D eigenvalue weighted by molar-refractivity contribution is 7.95. The van der Waals surface area contributed by atoms with E-state index in [0.717, 1.165) is 11.1 Å². The molecule has 0 saturated heterocycles. The van der Waals surface area contributed by atoms with Gasteiger partial charge in [0.1, 0.15) is 6.61 Å². The van der Waals surface area contributed by atoms with Gasteiger partial charge in [0.25, 0.3) is 5.91 Å². The minimum atomic E-state index is -0.572. The average Bonchev–Trinajstić information content (AvgIpc) is 2.53. The number of carbonyl (C=O) groups is 1. The van der Waals surface area contributed by atoms with Crippen LogP contribution in [0.4, 0.5) is 0 Å². The van der Waals surface area contributed by atoms with Crippen LogP contribution in [-0.2, 0) is 8.98 Å². The summed E-state index contributed by atoms with van der Waals surface area (Å²) in [5.41, 5.74) is 3.72. The fraction of sp³-hybridized carbons (Fsp3) is 0.133. The van der Waals surface area contributed by atoms with Crippen molar-refractivity contribution in [3.8, 4) is 0 Å². The van der Waals surface area contributed by atoms with Gasteiger partial charge >= 0.3 is 0 Å². The second-order valence-electron chi connectivity index (χ2n) is 4.09. The van der Waals surface area contributed by atoms with Crippen molar-refractivity contribution in [2.24, 2.45) is 0 Å². The fourth-order valence-electron chi connectivity index (χ4n) is 1.75. The lowest BCUT2D eigenvalue weighted by molar-refractivity contribution is -0.130. The zero-order valence-corrected chi connectivity index (χ0v) is 11.5. The van der Waals surface area contributed by atoms with Crippen LogP contribution in [0.25, 0.3) is 0 Å². The van der Waals surface area contributed by atoms with Crippen molar-refractivity contribution in [2.45, 2.75) is 5.25 Å². The van der Waals surface area contributed by atoms with E-state index in [9.17, 15) is 4.79 Å². The number of carbonyl (C=O) groups excluding carboxylic acids is 1. The predicted octanol–water partition coefficient (Wildman–Crippen LogP) is 2.95. The second-order valence-corrected chi connectivity index (χ2v) is 4.99. The van der Waals surface area contributed by atoms with Crippen LogP contribution in [0.3, 0.4) is 0 Å². The smallest absolute Gasteiger partial charge is 0.270 e. The Morgan fingerprint density at radius 3 is 2.00 bits per heavy atom. The summed E-state index contributed by atoms with van der Waals surface area (Å²) in [7, 11) is 0. The summed E-state index contributed by atoms with van der Waals surface area (Å²) in [5.74, 6) is -0.572. The minimum absolute atomic E-state index is 0.0242. The average molecular weight is 289 g/mol. The van der Waals surface area contributed by atoms with Gasteiger partial charge in [0.05, 0.1) is 5.25 Å². The normalized spacial score (nSPS) is 10.5. The molecule has 2 aromatic carbocycles. The Morgan fingerprint density at radius 2 is 1.55 bits per heavy atom. The molecule has 0 aliphatic heterocycles. The van der Waals surface area contributed by atoms with Crippen LogP contribution >= 0.6 is 12.0 Å². The second kappa shape index (κ2) is 7.69. The zero-order chi connectivity index (χ0) is 14.2. The summed E-state index contributed by atoms with van der Waals surface area (Å²) in [6, 6.07) is 19.8. The Labute approximate surface area is 121 Å². The van der Waals surface area contributed by atoms with E-state index in [0.29, 0.717) is 0 Å². The van der Waals surface area contributed by atoms with E-state index < -0.39 is 5.91 Å².